The molecule has 0 bridgehead atoms. The number of sulfonamides is 1. The molecule has 2 heterocycles. The highest BCUT2D eigenvalue weighted by atomic mass is 32.2. The summed E-state index contributed by atoms with van der Waals surface area (Å²) < 4.78 is 27.5. The lowest BCUT2D eigenvalue weighted by Gasteiger charge is -2.20. The molecule has 0 spiro atoms. The molecule has 1 aliphatic heterocycles. The monoisotopic (exact) mass is 306 g/mol. The van der Waals surface area contributed by atoms with Crippen LogP contribution < -0.4 is 10.0 Å². The summed E-state index contributed by atoms with van der Waals surface area (Å²) in [5.41, 5.74) is 2.84. The first-order valence-corrected chi connectivity index (χ1v) is 8.46. The molecule has 0 unspecified atom stereocenters. The number of hydrogen-bond acceptors (Lipinski definition) is 4. The van der Waals surface area contributed by atoms with Crippen molar-refractivity contribution < 1.29 is 8.42 Å². The van der Waals surface area contributed by atoms with Crippen molar-refractivity contribution in [2.45, 2.75) is 31.3 Å². The first kappa shape index (κ1) is 14.1. The van der Waals surface area contributed by atoms with Crippen LogP contribution in [0, 0.1) is 0 Å². The Morgan fingerprint density at radius 3 is 3.00 bits per heavy atom. The first-order valence-electron chi connectivity index (χ1n) is 6.98. The van der Waals surface area contributed by atoms with Crippen molar-refractivity contribution in [2.24, 2.45) is 0 Å². The molecule has 3 rings (SSSR count). The molecule has 1 aromatic heterocycles. The van der Waals surface area contributed by atoms with E-state index in [0.717, 1.165) is 18.5 Å². The molecule has 0 radical (unpaired) electrons. The smallest absolute Gasteiger partial charge is 0.278 e. The topological polar surface area (TPSA) is 86.9 Å². The van der Waals surface area contributed by atoms with Gasteiger partial charge in [-0.25, -0.2) is 4.98 Å². The van der Waals surface area contributed by atoms with E-state index in [1.165, 1.54) is 11.8 Å². The maximum absolute atomic E-state index is 12.4. The second-order valence-corrected chi connectivity index (χ2v) is 6.67. The molecule has 0 fully saturated rings. The number of nitrogens with zero attached hydrogens (tertiary/aromatic N) is 1. The van der Waals surface area contributed by atoms with Crippen molar-refractivity contribution in [3.05, 3.63) is 41.3 Å². The largest absolute Gasteiger partial charge is 0.332 e. The average molecular weight is 306 g/mol. The summed E-state index contributed by atoms with van der Waals surface area (Å²) in [6.07, 6.45) is 2.93. The van der Waals surface area contributed by atoms with E-state index in [-0.39, 0.29) is 5.03 Å². The molecule has 0 saturated carbocycles. The molecule has 2 aromatic rings. The molecular weight excluding hydrogens is 288 g/mol. The summed E-state index contributed by atoms with van der Waals surface area (Å²) in [6.45, 7) is 3.52. The molecule has 0 aliphatic carbocycles. The van der Waals surface area contributed by atoms with Gasteiger partial charge in [0.25, 0.3) is 10.0 Å². The SMILES string of the molecule is CCc1ncc(S(=O)(=O)Nc2cccc3c2CNCC3)[nH]1. The van der Waals surface area contributed by atoms with Gasteiger partial charge in [-0.05, 0) is 30.2 Å². The van der Waals surface area contributed by atoms with Crippen molar-refractivity contribution in [3.63, 3.8) is 0 Å². The van der Waals surface area contributed by atoms with Gasteiger partial charge in [0.1, 0.15) is 5.82 Å². The maximum atomic E-state index is 12.4. The van der Waals surface area contributed by atoms with E-state index in [4.69, 9.17) is 0 Å². The van der Waals surface area contributed by atoms with E-state index in [9.17, 15) is 8.42 Å². The number of aromatic amines is 1. The molecule has 21 heavy (non-hydrogen) atoms. The van der Waals surface area contributed by atoms with Crippen LogP contribution in [0.25, 0.3) is 0 Å². The number of aromatic nitrogens is 2. The molecule has 1 aliphatic rings. The minimum Gasteiger partial charge on any atom is -0.332 e. The number of nitrogens with one attached hydrogen (secondary N) is 3. The fourth-order valence-corrected chi connectivity index (χ4v) is 3.50. The van der Waals surface area contributed by atoms with Crippen LogP contribution in [0.15, 0.2) is 29.4 Å². The van der Waals surface area contributed by atoms with Crippen molar-refractivity contribution in [1.29, 1.82) is 0 Å². The van der Waals surface area contributed by atoms with Crippen LogP contribution in [0.1, 0.15) is 23.9 Å². The van der Waals surface area contributed by atoms with E-state index in [2.05, 4.69) is 20.0 Å². The molecule has 0 atom stereocenters. The Hall–Kier alpha value is -1.86. The molecule has 0 amide bonds. The predicted molar refractivity (Wildman–Crippen MR) is 80.6 cm³/mol. The summed E-state index contributed by atoms with van der Waals surface area (Å²) in [4.78, 5) is 6.87. The zero-order valence-corrected chi connectivity index (χ0v) is 12.6. The molecule has 3 N–H and O–H groups in total. The number of hydrogen-bond donors (Lipinski definition) is 3. The first-order chi connectivity index (χ1) is 10.1. The van der Waals surface area contributed by atoms with Crippen LogP contribution >= 0.6 is 0 Å². The highest BCUT2D eigenvalue weighted by Gasteiger charge is 2.20. The minimum atomic E-state index is -3.63. The summed E-state index contributed by atoms with van der Waals surface area (Å²) in [5, 5.41) is 3.36. The van der Waals surface area contributed by atoms with Crippen molar-refractivity contribution in [1.82, 2.24) is 15.3 Å². The van der Waals surface area contributed by atoms with Gasteiger partial charge in [-0.2, -0.15) is 8.42 Å². The highest BCUT2D eigenvalue weighted by molar-refractivity contribution is 7.92. The standard InChI is InChI=1S/C14H18N4O2S/c1-2-13-16-9-14(17-13)21(19,20)18-12-5-3-4-10-6-7-15-8-11(10)12/h3-5,9,15,18H,2,6-8H2,1H3,(H,16,17). The van der Waals surface area contributed by atoms with Gasteiger partial charge in [-0.15, -0.1) is 0 Å². The van der Waals surface area contributed by atoms with Gasteiger partial charge in [0.2, 0.25) is 0 Å². The van der Waals surface area contributed by atoms with E-state index < -0.39 is 10.0 Å². The van der Waals surface area contributed by atoms with E-state index in [1.807, 2.05) is 19.1 Å². The lowest BCUT2D eigenvalue weighted by molar-refractivity contribution is 0.597. The quantitative estimate of drug-likeness (QED) is 0.797. The van der Waals surface area contributed by atoms with E-state index in [0.29, 0.717) is 24.5 Å². The lowest BCUT2D eigenvalue weighted by atomic mass is 10.00. The fraction of sp³-hybridized carbons (Fsp3) is 0.357. The lowest BCUT2D eigenvalue weighted by Crippen LogP contribution is -2.25. The molecule has 0 saturated heterocycles. The molecule has 6 nitrogen and oxygen atoms in total. The number of imidazole rings is 1. The zero-order chi connectivity index (χ0) is 14.9. The van der Waals surface area contributed by atoms with Crippen LogP contribution in [0.4, 0.5) is 5.69 Å². The van der Waals surface area contributed by atoms with Gasteiger partial charge >= 0.3 is 0 Å². The molecule has 7 heteroatoms. The number of anilines is 1. The predicted octanol–water partition coefficient (Wildman–Crippen LogP) is 1.42. The van der Waals surface area contributed by atoms with Crippen LogP contribution in [-0.2, 0) is 29.4 Å². The Kier molecular flexibility index (Phi) is 3.69. The Morgan fingerprint density at radius 1 is 1.38 bits per heavy atom. The van der Waals surface area contributed by atoms with Crippen molar-refractivity contribution in [2.75, 3.05) is 11.3 Å². The number of aryl methyl sites for hydroxylation is 1. The van der Waals surface area contributed by atoms with Crippen LogP contribution in [0.3, 0.4) is 0 Å². The third-order valence-corrected chi connectivity index (χ3v) is 4.89. The second kappa shape index (κ2) is 5.50. The van der Waals surface area contributed by atoms with Crippen LogP contribution in [0.2, 0.25) is 0 Å². The molecule has 112 valence electrons. The Morgan fingerprint density at radius 2 is 2.24 bits per heavy atom. The van der Waals surface area contributed by atoms with Gasteiger partial charge in [-0.3, -0.25) is 4.72 Å². The van der Waals surface area contributed by atoms with Gasteiger partial charge in [-0.1, -0.05) is 19.1 Å². The number of H-pyrrole nitrogens is 1. The summed E-state index contributed by atoms with van der Waals surface area (Å²) >= 11 is 0. The Labute approximate surface area is 124 Å². The summed E-state index contributed by atoms with van der Waals surface area (Å²) in [6, 6.07) is 5.71. The number of benzene rings is 1. The van der Waals surface area contributed by atoms with Gasteiger partial charge < -0.3 is 10.3 Å². The number of fused-ring (bicyclic) bond motifs is 1. The van der Waals surface area contributed by atoms with Gasteiger partial charge in [0.05, 0.1) is 11.9 Å². The van der Waals surface area contributed by atoms with Crippen molar-refractivity contribution in [3.8, 4) is 0 Å². The van der Waals surface area contributed by atoms with Gasteiger partial charge in [0.15, 0.2) is 5.03 Å². The second-order valence-electron chi connectivity index (χ2n) is 5.02. The fourth-order valence-electron chi connectivity index (χ4n) is 2.47. The number of rotatable bonds is 4. The Bertz CT molecular complexity index is 752. The summed E-state index contributed by atoms with van der Waals surface area (Å²) in [5.74, 6) is 0.659. The maximum Gasteiger partial charge on any atom is 0.278 e. The van der Waals surface area contributed by atoms with Crippen LogP contribution in [0.5, 0.6) is 0 Å². The van der Waals surface area contributed by atoms with Crippen LogP contribution in [-0.4, -0.2) is 24.9 Å². The van der Waals surface area contributed by atoms with Gasteiger partial charge in [0, 0.05) is 13.0 Å². The van der Waals surface area contributed by atoms with E-state index >= 15 is 0 Å². The van der Waals surface area contributed by atoms with E-state index in [1.54, 1.807) is 6.07 Å². The molecular formula is C14H18N4O2S. The minimum absolute atomic E-state index is 0.0979. The highest BCUT2D eigenvalue weighted by Crippen LogP contribution is 2.25. The molecule has 1 aromatic carbocycles. The third-order valence-electron chi connectivity index (χ3n) is 3.62. The Balaban J connectivity index is 1.92. The third kappa shape index (κ3) is 2.79. The average Bonchev–Trinajstić information content (AvgIpc) is 2.97. The van der Waals surface area contributed by atoms with Crippen molar-refractivity contribution >= 4 is 15.7 Å². The normalized spacial score (nSPS) is 14.7. The summed E-state index contributed by atoms with van der Waals surface area (Å²) in [7, 11) is -3.63. The zero-order valence-electron chi connectivity index (χ0n) is 11.8.